The van der Waals surface area contributed by atoms with E-state index < -0.39 is 12.6 Å². The molecule has 15 heavy (non-hydrogen) atoms. The average molecular weight is 242 g/mol. The average Bonchev–Trinajstić information content (AvgIpc) is 2.17. The maximum absolute atomic E-state index is 11.8. The largest absolute Gasteiger partial charge is 0.390 e. The van der Waals surface area contributed by atoms with Crippen LogP contribution in [0.1, 0.15) is 12.8 Å². The van der Waals surface area contributed by atoms with Gasteiger partial charge >= 0.3 is 6.18 Å². The summed E-state index contributed by atoms with van der Waals surface area (Å²) in [6.07, 6.45) is -3.86. The van der Waals surface area contributed by atoms with E-state index in [1.165, 1.54) is 0 Å². The smallest absolute Gasteiger partial charge is 0.316 e. The highest BCUT2D eigenvalue weighted by atomic mass is 32.2. The van der Waals surface area contributed by atoms with E-state index in [2.05, 4.69) is 10.6 Å². The Bertz CT molecular complexity index is 169. The molecule has 0 aromatic heterocycles. The van der Waals surface area contributed by atoms with Gasteiger partial charge in [0, 0.05) is 30.6 Å². The molecule has 0 bridgehead atoms. The minimum Gasteiger partial charge on any atom is -0.316 e. The molecule has 6 heteroatoms. The van der Waals surface area contributed by atoms with Crippen LogP contribution in [0, 0.1) is 0 Å². The van der Waals surface area contributed by atoms with Crippen molar-refractivity contribution >= 4 is 11.8 Å². The van der Waals surface area contributed by atoms with Gasteiger partial charge in [0.25, 0.3) is 0 Å². The monoisotopic (exact) mass is 242 g/mol. The van der Waals surface area contributed by atoms with Gasteiger partial charge in [0.05, 0.1) is 6.42 Å². The summed E-state index contributed by atoms with van der Waals surface area (Å²) in [5.41, 5.74) is 0. The van der Waals surface area contributed by atoms with Crippen LogP contribution < -0.4 is 10.6 Å². The number of thioether (sulfide) groups is 1. The third kappa shape index (κ3) is 7.03. The molecule has 0 amide bonds. The van der Waals surface area contributed by atoms with Crippen molar-refractivity contribution in [1.29, 1.82) is 0 Å². The molecule has 1 aliphatic rings. The third-order valence-corrected chi connectivity index (χ3v) is 3.38. The van der Waals surface area contributed by atoms with E-state index in [0.717, 1.165) is 24.5 Å². The highest BCUT2D eigenvalue weighted by Gasteiger charge is 2.25. The Morgan fingerprint density at radius 2 is 2.13 bits per heavy atom. The SMILES string of the molecule is FC(F)(F)CCNCCC1CSCCN1. The lowest BCUT2D eigenvalue weighted by Gasteiger charge is -2.23. The first-order chi connectivity index (χ1) is 7.08. The molecule has 1 fully saturated rings. The Balaban J connectivity index is 1.92. The second-order valence-corrected chi connectivity index (χ2v) is 4.78. The summed E-state index contributed by atoms with van der Waals surface area (Å²) >= 11 is 1.90. The molecule has 1 atom stereocenters. The number of halogens is 3. The standard InChI is InChI=1S/C9H17F3N2S/c10-9(11,12)2-4-13-3-1-8-7-15-6-5-14-8/h8,13-14H,1-7H2. The predicted octanol–water partition coefficient (Wildman–Crippen LogP) is 1.62. The Labute approximate surface area is 92.4 Å². The quantitative estimate of drug-likeness (QED) is 0.716. The van der Waals surface area contributed by atoms with Crippen molar-refractivity contribution in [2.75, 3.05) is 31.1 Å². The molecule has 0 radical (unpaired) electrons. The van der Waals surface area contributed by atoms with Gasteiger partial charge in [-0.05, 0) is 13.0 Å². The van der Waals surface area contributed by atoms with Crippen LogP contribution in [0.25, 0.3) is 0 Å². The van der Waals surface area contributed by atoms with E-state index in [4.69, 9.17) is 0 Å². The van der Waals surface area contributed by atoms with Crippen molar-refractivity contribution in [3.63, 3.8) is 0 Å². The first kappa shape index (κ1) is 13.1. The summed E-state index contributed by atoms with van der Waals surface area (Å²) in [6, 6.07) is 0.460. The van der Waals surface area contributed by atoms with Crippen LogP contribution in [0.2, 0.25) is 0 Å². The zero-order chi connectivity index (χ0) is 11.1. The first-order valence-electron chi connectivity index (χ1n) is 5.16. The van der Waals surface area contributed by atoms with E-state index in [0.29, 0.717) is 12.6 Å². The fourth-order valence-corrected chi connectivity index (χ4v) is 2.43. The molecule has 2 N–H and O–H groups in total. The zero-order valence-electron chi connectivity index (χ0n) is 8.57. The number of nitrogens with one attached hydrogen (secondary N) is 2. The van der Waals surface area contributed by atoms with Gasteiger partial charge < -0.3 is 10.6 Å². The number of hydrogen-bond acceptors (Lipinski definition) is 3. The van der Waals surface area contributed by atoms with E-state index in [-0.39, 0.29) is 6.54 Å². The molecule has 1 unspecified atom stereocenters. The lowest BCUT2D eigenvalue weighted by molar-refractivity contribution is -0.133. The van der Waals surface area contributed by atoms with Gasteiger partial charge in [0.1, 0.15) is 0 Å². The van der Waals surface area contributed by atoms with Crippen LogP contribution in [0.5, 0.6) is 0 Å². The third-order valence-electron chi connectivity index (χ3n) is 2.25. The summed E-state index contributed by atoms with van der Waals surface area (Å²) in [4.78, 5) is 0. The van der Waals surface area contributed by atoms with Crippen LogP contribution >= 0.6 is 11.8 Å². The predicted molar refractivity (Wildman–Crippen MR) is 57.3 cm³/mol. The molecular formula is C9H17F3N2S. The minimum atomic E-state index is -4.04. The minimum absolute atomic E-state index is 0.0311. The molecule has 1 heterocycles. The second-order valence-electron chi connectivity index (χ2n) is 3.63. The Morgan fingerprint density at radius 3 is 2.73 bits per heavy atom. The first-order valence-corrected chi connectivity index (χ1v) is 6.32. The molecule has 1 rings (SSSR count). The molecule has 90 valence electrons. The highest BCUT2D eigenvalue weighted by Crippen LogP contribution is 2.18. The van der Waals surface area contributed by atoms with Gasteiger partial charge in [0.2, 0.25) is 0 Å². The summed E-state index contributed by atoms with van der Waals surface area (Å²) in [5, 5.41) is 6.16. The van der Waals surface area contributed by atoms with E-state index >= 15 is 0 Å². The molecule has 0 aliphatic carbocycles. The van der Waals surface area contributed by atoms with Gasteiger partial charge in [-0.2, -0.15) is 24.9 Å². The molecule has 0 aromatic rings. The molecule has 0 aromatic carbocycles. The van der Waals surface area contributed by atoms with Gasteiger partial charge in [-0.1, -0.05) is 0 Å². The van der Waals surface area contributed by atoms with Crippen LogP contribution in [0.15, 0.2) is 0 Å². The molecule has 0 saturated carbocycles. The zero-order valence-corrected chi connectivity index (χ0v) is 9.39. The molecular weight excluding hydrogens is 225 g/mol. The lowest BCUT2D eigenvalue weighted by Crippen LogP contribution is -2.39. The van der Waals surface area contributed by atoms with E-state index in [1.54, 1.807) is 0 Å². The van der Waals surface area contributed by atoms with Crippen LogP contribution in [0.4, 0.5) is 13.2 Å². The topological polar surface area (TPSA) is 24.1 Å². The molecule has 2 nitrogen and oxygen atoms in total. The van der Waals surface area contributed by atoms with Crippen LogP contribution in [-0.2, 0) is 0 Å². The van der Waals surface area contributed by atoms with Gasteiger partial charge in [-0.3, -0.25) is 0 Å². The van der Waals surface area contributed by atoms with Crippen LogP contribution in [0.3, 0.4) is 0 Å². The van der Waals surface area contributed by atoms with Crippen LogP contribution in [-0.4, -0.2) is 43.4 Å². The summed E-state index contributed by atoms with van der Waals surface area (Å²) in [7, 11) is 0. The van der Waals surface area contributed by atoms with Gasteiger partial charge in [0.15, 0.2) is 0 Å². The lowest BCUT2D eigenvalue weighted by atomic mass is 10.2. The van der Waals surface area contributed by atoms with Gasteiger partial charge in [-0.15, -0.1) is 0 Å². The number of hydrogen-bond donors (Lipinski definition) is 2. The summed E-state index contributed by atoms with van der Waals surface area (Å²) in [5.74, 6) is 2.21. The second kappa shape index (κ2) is 6.60. The Morgan fingerprint density at radius 1 is 1.33 bits per heavy atom. The molecule has 1 aliphatic heterocycles. The maximum atomic E-state index is 11.8. The normalized spacial score (nSPS) is 23.0. The fourth-order valence-electron chi connectivity index (χ4n) is 1.44. The fraction of sp³-hybridized carbons (Fsp3) is 1.00. The highest BCUT2D eigenvalue weighted by molar-refractivity contribution is 7.99. The van der Waals surface area contributed by atoms with Crippen molar-refractivity contribution in [3.05, 3.63) is 0 Å². The van der Waals surface area contributed by atoms with Crippen molar-refractivity contribution < 1.29 is 13.2 Å². The van der Waals surface area contributed by atoms with E-state index in [9.17, 15) is 13.2 Å². The van der Waals surface area contributed by atoms with Crippen molar-refractivity contribution in [2.24, 2.45) is 0 Å². The van der Waals surface area contributed by atoms with Gasteiger partial charge in [-0.25, -0.2) is 0 Å². The molecule has 1 saturated heterocycles. The molecule has 0 spiro atoms. The van der Waals surface area contributed by atoms with E-state index in [1.807, 2.05) is 11.8 Å². The number of alkyl halides is 3. The summed E-state index contributed by atoms with van der Waals surface area (Å²) in [6.45, 7) is 1.70. The number of rotatable bonds is 5. The summed E-state index contributed by atoms with van der Waals surface area (Å²) < 4.78 is 35.3. The Hall–Kier alpha value is 0.0600. The maximum Gasteiger partial charge on any atom is 0.390 e. The Kier molecular flexibility index (Phi) is 5.78. The van der Waals surface area contributed by atoms with Crippen molar-refractivity contribution in [2.45, 2.75) is 25.1 Å². The van der Waals surface area contributed by atoms with Crippen molar-refractivity contribution in [3.8, 4) is 0 Å². The van der Waals surface area contributed by atoms with Crippen molar-refractivity contribution in [1.82, 2.24) is 10.6 Å².